The Kier molecular flexibility index (Phi) is 3.71. The smallest absolute Gasteiger partial charge is 0.239 e. The normalized spacial score (nSPS) is 20.4. The minimum atomic E-state index is 0.559. The molecule has 0 amide bonds. The first kappa shape index (κ1) is 12.0. The van der Waals surface area contributed by atoms with E-state index < -0.39 is 0 Å². The lowest BCUT2D eigenvalue weighted by atomic mass is 10.0. The predicted octanol–water partition coefficient (Wildman–Crippen LogP) is 2.30. The van der Waals surface area contributed by atoms with Crippen LogP contribution >= 0.6 is 0 Å². The molecule has 0 aromatic carbocycles. The van der Waals surface area contributed by atoms with Gasteiger partial charge in [0.05, 0.1) is 12.3 Å². The molecule has 94 valence electrons. The van der Waals surface area contributed by atoms with E-state index in [0.29, 0.717) is 18.2 Å². The van der Waals surface area contributed by atoms with Crippen molar-refractivity contribution in [2.24, 2.45) is 5.92 Å². The van der Waals surface area contributed by atoms with Crippen molar-refractivity contribution in [1.29, 1.82) is 0 Å². The third-order valence-electron chi connectivity index (χ3n) is 3.14. The van der Waals surface area contributed by atoms with Gasteiger partial charge < -0.3 is 15.4 Å². The maximum absolute atomic E-state index is 5.83. The van der Waals surface area contributed by atoms with E-state index in [1.165, 1.54) is 12.8 Å². The van der Waals surface area contributed by atoms with Crippen LogP contribution in [0.4, 0.5) is 11.5 Å². The van der Waals surface area contributed by atoms with Gasteiger partial charge in [-0.15, -0.1) is 0 Å². The van der Waals surface area contributed by atoms with Gasteiger partial charge in [-0.25, -0.2) is 0 Å². The van der Waals surface area contributed by atoms with Crippen molar-refractivity contribution in [3.63, 3.8) is 0 Å². The van der Waals surface area contributed by atoms with Crippen LogP contribution in [-0.2, 0) is 0 Å². The minimum Gasteiger partial charge on any atom is -0.476 e. The SMILES string of the molecule is CCOc1nc(N2CCCC(C)C2)ccc1N. The van der Waals surface area contributed by atoms with Gasteiger partial charge in [0.25, 0.3) is 0 Å². The fourth-order valence-corrected chi connectivity index (χ4v) is 2.27. The number of piperidine rings is 1. The highest BCUT2D eigenvalue weighted by Gasteiger charge is 2.18. The zero-order valence-corrected chi connectivity index (χ0v) is 10.6. The quantitative estimate of drug-likeness (QED) is 0.873. The monoisotopic (exact) mass is 235 g/mol. The predicted molar refractivity (Wildman–Crippen MR) is 70.4 cm³/mol. The van der Waals surface area contributed by atoms with Crippen LogP contribution in [0.15, 0.2) is 12.1 Å². The number of nitrogens with two attached hydrogens (primary N) is 1. The van der Waals surface area contributed by atoms with Gasteiger partial charge in [0, 0.05) is 13.1 Å². The molecular weight excluding hydrogens is 214 g/mol. The summed E-state index contributed by atoms with van der Waals surface area (Å²) in [6.07, 6.45) is 2.54. The summed E-state index contributed by atoms with van der Waals surface area (Å²) in [6, 6.07) is 3.86. The molecule has 4 nitrogen and oxygen atoms in total. The highest BCUT2D eigenvalue weighted by Crippen LogP contribution is 2.26. The van der Waals surface area contributed by atoms with Gasteiger partial charge in [-0.3, -0.25) is 0 Å². The van der Waals surface area contributed by atoms with Gasteiger partial charge in [-0.05, 0) is 37.8 Å². The molecule has 1 unspecified atom stereocenters. The summed E-state index contributed by atoms with van der Waals surface area (Å²) in [4.78, 5) is 6.81. The molecule has 2 N–H and O–H groups in total. The molecule has 1 aliphatic heterocycles. The Balaban J connectivity index is 2.17. The molecule has 1 aliphatic rings. The van der Waals surface area contributed by atoms with Crippen LogP contribution in [0.3, 0.4) is 0 Å². The molecule has 1 aromatic heterocycles. The zero-order chi connectivity index (χ0) is 12.3. The Hall–Kier alpha value is -1.45. The third kappa shape index (κ3) is 2.81. The largest absolute Gasteiger partial charge is 0.476 e. The van der Waals surface area contributed by atoms with Gasteiger partial charge in [0.15, 0.2) is 0 Å². The molecule has 0 bridgehead atoms. The maximum atomic E-state index is 5.83. The molecular formula is C13H21N3O. The number of anilines is 2. The Morgan fingerprint density at radius 1 is 1.53 bits per heavy atom. The molecule has 1 saturated heterocycles. The molecule has 0 saturated carbocycles. The highest BCUT2D eigenvalue weighted by atomic mass is 16.5. The molecule has 1 aromatic rings. The fraction of sp³-hybridized carbons (Fsp3) is 0.615. The lowest BCUT2D eigenvalue weighted by Crippen LogP contribution is -2.34. The number of nitrogen functional groups attached to an aromatic ring is 1. The number of nitrogens with zero attached hydrogens (tertiary/aromatic N) is 2. The van der Waals surface area contributed by atoms with Crippen LogP contribution in [0.5, 0.6) is 5.88 Å². The summed E-state index contributed by atoms with van der Waals surface area (Å²) in [7, 11) is 0. The van der Waals surface area contributed by atoms with Crippen LogP contribution < -0.4 is 15.4 Å². The summed E-state index contributed by atoms with van der Waals surface area (Å²) in [5.41, 5.74) is 6.44. The number of ether oxygens (including phenoxy) is 1. The van der Waals surface area contributed by atoms with Crippen molar-refractivity contribution < 1.29 is 4.74 Å². The number of pyridine rings is 1. The van der Waals surface area contributed by atoms with Crippen molar-refractivity contribution in [3.8, 4) is 5.88 Å². The first-order valence-corrected chi connectivity index (χ1v) is 6.35. The van der Waals surface area contributed by atoms with Crippen LogP contribution in [0.1, 0.15) is 26.7 Å². The zero-order valence-electron chi connectivity index (χ0n) is 10.6. The first-order chi connectivity index (χ1) is 8.20. The molecule has 2 rings (SSSR count). The van der Waals surface area contributed by atoms with Crippen LogP contribution in [-0.4, -0.2) is 24.7 Å². The molecule has 17 heavy (non-hydrogen) atoms. The summed E-state index contributed by atoms with van der Waals surface area (Å²) < 4.78 is 5.43. The number of rotatable bonds is 3. The standard InChI is InChI=1S/C13H21N3O/c1-3-17-13-11(14)6-7-12(15-13)16-8-4-5-10(2)9-16/h6-7,10H,3-5,8-9,14H2,1-2H3. The highest BCUT2D eigenvalue weighted by molar-refractivity contribution is 5.54. The van der Waals surface area contributed by atoms with Gasteiger partial charge in [0.2, 0.25) is 5.88 Å². The number of hydrogen-bond acceptors (Lipinski definition) is 4. The van der Waals surface area contributed by atoms with E-state index in [0.717, 1.165) is 24.8 Å². The van der Waals surface area contributed by atoms with Crippen molar-refractivity contribution in [3.05, 3.63) is 12.1 Å². The minimum absolute atomic E-state index is 0.559. The van der Waals surface area contributed by atoms with E-state index in [9.17, 15) is 0 Å². The second kappa shape index (κ2) is 5.25. The Morgan fingerprint density at radius 3 is 3.06 bits per heavy atom. The van der Waals surface area contributed by atoms with E-state index in [4.69, 9.17) is 10.5 Å². The summed E-state index contributed by atoms with van der Waals surface area (Å²) in [5.74, 6) is 2.27. The molecule has 1 fully saturated rings. The van der Waals surface area contributed by atoms with E-state index in [1.54, 1.807) is 0 Å². The van der Waals surface area contributed by atoms with Crippen molar-refractivity contribution in [1.82, 2.24) is 4.98 Å². The summed E-state index contributed by atoms with van der Waals surface area (Å²) in [5, 5.41) is 0. The van der Waals surface area contributed by atoms with E-state index >= 15 is 0 Å². The van der Waals surface area contributed by atoms with E-state index in [1.807, 2.05) is 19.1 Å². The van der Waals surface area contributed by atoms with Crippen LogP contribution in [0, 0.1) is 5.92 Å². The van der Waals surface area contributed by atoms with Crippen molar-refractivity contribution in [2.45, 2.75) is 26.7 Å². The second-order valence-electron chi connectivity index (χ2n) is 4.69. The second-order valence-corrected chi connectivity index (χ2v) is 4.69. The van der Waals surface area contributed by atoms with E-state index in [-0.39, 0.29) is 0 Å². The van der Waals surface area contributed by atoms with E-state index in [2.05, 4.69) is 16.8 Å². The third-order valence-corrected chi connectivity index (χ3v) is 3.14. The lowest BCUT2D eigenvalue weighted by Gasteiger charge is -2.32. The summed E-state index contributed by atoms with van der Waals surface area (Å²) >= 11 is 0. The Morgan fingerprint density at radius 2 is 2.35 bits per heavy atom. The fourth-order valence-electron chi connectivity index (χ4n) is 2.27. The molecule has 1 atom stereocenters. The Bertz CT molecular complexity index is 381. The van der Waals surface area contributed by atoms with Crippen molar-refractivity contribution >= 4 is 11.5 Å². The van der Waals surface area contributed by atoms with Crippen LogP contribution in [0.2, 0.25) is 0 Å². The number of hydrogen-bond donors (Lipinski definition) is 1. The maximum Gasteiger partial charge on any atom is 0.239 e. The lowest BCUT2D eigenvalue weighted by molar-refractivity contribution is 0.328. The summed E-state index contributed by atoms with van der Waals surface area (Å²) in [6.45, 7) is 6.97. The first-order valence-electron chi connectivity index (χ1n) is 6.35. The van der Waals surface area contributed by atoms with Gasteiger partial charge in [-0.2, -0.15) is 4.98 Å². The van der Waals surface area contributed by atoms with Gasteiger partial charge >= 0.3 is 0 Å². The molecule has 2 heterocycles. The molecule has 4 heteroatoms. The van der Waals surface area contributed by atoms with Gasteiger partial charge in [-0.1, -0.05) is 6.92 Å². The van der Waals surface area contributed by atoms with Crippen molar-refractivity contribution in [2.75, 3.05) is 30.3 Å². The molecule has 0 aliphatic carbocycles. The van der Waals surface area contributed by atoms with Crippen LogP contribution in [0.25, 0.3) is 0 Å². The molecule has 0 radical (unpaired) electrons. The van der Waals surface area contributed by atoms with Gasteiger partial charge in [0.1, 0.15) is 5.82 Å². The topological polar surface area (TPSA) is 51.4 Å². The number of aromatic nitrogens is 1. The molecule has 0 spiro atoms. The average molecular weight is 235 g/mol. The Labute approximate surface area is 103 Å². The average Bonchev–Trinajstić information content (AvgIpc) is 2.32.